The van der Waals surface area contributed by atoms with Crippen LogP contribution in [-0.4, -0.2) is 27.4 Å². The van der Waals surface area contributed by atoms with Gasteiger partial charge in [0.15, 0.2) is 6.61 Å². The highest BCUT2D eigenvalue weighted by Gasteiger charge is 2.06. The molecule has 0 aliphatic heterocycles. The van der Waals surface area contributed by atoms with Crippen LogP contribution in [0.15, 0.2) is 24.5 Å². The summed E-state index contributed by atoms with van der Waals surface area (Å²) in [6.45, 7) is 3.86. The molecule has 0 aliphatic rings. The van der Waals surface area contributed by atoms with Gasteiger partial charge < -0.3 is 4.74 Å². The lowest BCUT2D eigenvalue weighted by atomic mass is 10.1. The van der Waals surface area contributed by atoms with Crippen molar-refractivity contribution in [2.45, 2.75) is 13.8 Å². The number of amides is 1. The zero-order valence-electron chi connectivity index (χ0n) is 10.6. The summed E-state index contributed by atoms with van der Waals surface area (Å²) >= 11 is 4.91. The van der Waals surface area contributed by atoms with E-state index in [0.29, 0.717) is 10.5 Å². The van der Waals surface area contributed by atoms with Gasteiger partial charge in [-0.1, -0.05) is 12.1 Å². The summed E-state index contributed by atoms with van der Waals surface area (Å²) in [4.78, 5) is 11.7. The molecule has 1 aromatic heterocycles. The van der Waals surface area contributed by atoms with Gasteiger partial charge in [0, 0.05) is 0 Å². The zero-order chi connectivity index (χ0) is 13.8. The van der Waals surface area contributed by atoms with Crippen LogP contribution in [0.5, 0.6) is 5.75 Å². The number of nitrogens with zero attached hydrogens (tertiary/aromatic N) is 2. The van der Waals surface area contributed by atoms with Crippen LogP contribution < -0.4 is 10.2 Å². The molecule has 2 aromatic rings. The minimum Gasteiger partial charge on any atom is -0.483 e. The first kappa shape index (κ1) is 13.3. The highest BCUT2D eigenvalue weighted by Crippen LogP contribution is 2.20. The van der Waals surface area contributed by atoms with Crippen LogP contribution in [0, 0.1) is 18.6 Å². The Morgan fingerprint density at radius 2 is 2.32 bits per heavy atom. The van der Waals surface area contributed by atoms with Gasteiger partial charge in [0.05, 0.1) is 0 Å². The van der Waals surface area contributed by atoms with Gasteiger partial charge in [0.2, 0.25) is 4.77 Å². The quantitative estimate of drug-likeness (QED) is 0.835. The number of carbonyl (C=O) groups is 1. The molecule has 7 heteroatoms. The van der Waals surface area contributed by atoms with Gasteiger partial charge >= 0.3 is 0 Å². The second-order valence-electron chi connectivity index (χ2n) is 4.05. The summed E-state index contributed by atoms with van der Waals surface area (Å²) < 4.78 is 7.12. The van der Waals surface area contributed by atoms with E-state index < -0.39 is 0 Å². The van der Waals surface area contributed by atoms with Crippen molar-refractivity contribution in [1.82, 2.24) is 14.9 Å². The second-order valence-corrected chi connectivity index (χ2v) is 4.44. The maximum absolute atomic E-state index is 11.7. The SMILES string of the molecule is Cc1cccc(OCC(=O)Nn2cn[nH]c2=S)c1C. The third-order valence-electron chi connectivity index (χ3n) is 2.71. The van der Waals surface area contributed by atoms with Gasteiger partial charge in [0.1, 0.15) is 12.1 Å². The predicted octanol–water partition coefficient (Wildman–Crippen LogP) is 1.71. The van der Waals surface area contributed by atoms with Crippen molar-refractivity contribution >= 4 is 18.1 Å². The molecule has 0 bridgehead atoms. The molecular formula is C12H14N4O2S. The predicted molar refractivity (Wildman–Crippen MR) is 73.2 cm³/mol. The Kier molecular flexibility index (Phi) is 3.96. The fourth-order valence-corrected chi connectivity index (χ4v) is 1.66. The maximum atomic E-state index is 11.7. The summed E-state index contributed by atoms with van der Waals surface area (Å²) in [5.41, 5.74) is 4.69. The lowest BCUT2D eigenvalue weighted by Gasteiger charge is -2.10. The molecule has 0 saturated carbocycles. The molecule has 100 valence electrons. The third-order valence-corrected chi connectivity index (χ3v) is 3.00. The number of aromatic nitrogens is 3. The van der Waals surface area contributed by atoms with Gasteiger partial charge in [-0.25, -0.2) is 4.68 Å². The molecule has 2 N–H and O–H groups in total. The number of aryl methyl sites for hydroxylation is 1. The molecule has 0 fully saturated rings. The molecule has 0 saturated heterocycles. The van der Waals surface area contributed by atoms with Gasteiger partial charge in [-0.3, -0.25) is 15.3 Å². The fraction of sp³-hybridized carbons (Fsp3) is 0.250. The third kappa shape index (κ3) is 3.19. The standard InChI is InChI=1S/C12H14N4O2S/c1-8-4-3-5-10(9(8)2)18-6-11(17)15-16-7-13-14-12(16)19/h3-5,7H,6H2,1-2H3,(H,14,19)(H,15,17). The number of carbonyl (C=O) groups excluding carboxylic acids is 1. The van der Waals surface area contributed by atoms with E-state index in [2.05, 4.69) is 15.6 Å². The van der Waals surface area contributed by atoms with Crippen LogP contribution in [0.25, 0.3) is 0 Å². The number of aromatic amines is 1. The minimum atomic E-state index is -0.307. The number of hydrogen-bond acceptors (Lipinski definition) is 4. The van der Waals surface area contributed by atoms with E-state index in [1.807, 2.05) is 32.0 Å². The van der Waals surface area contributed by atoms with E-state index in [4.69, 9.17) is 17.0 Å². The van der Waals surface area contributed by atoms with E-state index >= 15 is 0 Å². The Morgan fingerprint density at radius 1 is 1.53 bits per heavy atom. The summed E-state index contributed by atoms with van der Waals surface area (Å²) in [6, 6.07) is 5.72. The van der Waals surface area contributed by atoms with Crippen LogP contribution in [0.2, 0.25) is 0 Å². The van der Waals surface area contributed by atoms with E-state index in [9.17, 15) is 4.79 Å². The van der Waals surface area contributed by atoms with Crippen LogP contribution in [0.3, 0.4) is 0 Å². The van der Waals surface area contributed by atoms with Crippen LogP contribution in [-0.2, 0) is 4.79 Å². The van der Waals surface area contributed by atoms with Crippen molar-refractivity contribution in [1.29, 1.82) is 0 Å². The van der Waals surface area contributed by atoms with Crippen molar-refractivity contribution < 1.29 is 9.53 Å². The molecule has 1 aromatic carbocycles. The molecule has 0 unspecified atom stereocenters. The lowest BCUT2D eigenvalue weighted by Crippen LogP contribution is -2.27. The molecule has 0 radical (unpaired) electrons. The molecule has 2 rings (SSSR count). The number of hydrogen-bond donors (Lipinski definition) is 2. The smallest absolute Gasteiger partial charge is 0.276 e. The van der Waals surface area contributed by atoms with E-state index in [1.165, 1.54) is 11.0 Å². The maximum Gasteiger partial charge on any atom is 0.276 e. The number of ether oxygens (including phenoxy) is 1. The average molecular weight is 278 g/mol. The molecule has 6 nitrogen and oxygen atoms in total. The van der Waals surface area contributed by atoms with Crippen LogP contribution in [0.4, 0.5) is 0 Å². The summed E-state index contributed by atoms with van der Waals surface area (Å²) in [6.07, 6.45) is 1.39. The largest absolute Gasteiger partial charge is 0.483 e. The normalized spacial score (nSPS) is 10.2. The van der Waals surface area contributed by atoms with E-state index in [0.717, 1.165) is 11.1 Å². The Hall–Kier alpha value is -2.15. The monoisotopic (exact) mass is 278 g/mol. The first-order chi connectivity index (χ1) is 9.08. The van der Waals surface area contributed by atoms with E-state index in [-0.39, 0.29) is 12.5 Å². The molecule has 0 spiro atoms. The van der Waals surface area contributed by atoms with Crippen molar-refractivity contribution in [3.63, 3.8) is 0 Å². The summed E-state index contributed by atoms with van der Waals surface area (Å²) in [5, 5.41) is 6.23. The second kappa shape index (κ2) is 5.66. The minimum absolute atomic E-state index is 0.0861. The first-order valence-corrected chi connectivity index (χ1v) is 6.09. The van der Waals surface area contributed by atoms with Gasteiger partial charge in [-0.05, 0) is 43.3 Å². The van der Waals surface area contributed by atoms with Crippen molar-refractivity contribution in [2.75, 3.05) is 12.0 Å². The molecule has 0 atom stereocenters. The Morgan fingerprint density at radius 3 is 3.00 bits per heavy atom. The van der Waals surface area contributed by atoms with Crippen LogP contribution in [0.1, 0.15) is 11.1 Å². The topological polar surface area (TPSA) is 71.9 Å². The lowest BCUT2D eigenvalue weighted by molar-refractivity contribution is -0.119. The molecule has 19 heavy (non-hydrogen) atoms. The van der Waals surface area contributed by atoms with Gasteiger partial charge in [0.25, 0.3) is 5.91 Å². The van der Waals surface area contributed by atoms with Crippen molar-refractivity contribution in [2.24, 2.45) is 0 Å². The zero-order valence-corrected chi connectivity index (χ0v) is 11.5. The number of rotatable bonds is 4. The average Bonchev–Trinajstić information content (AvgIpc) is 2.77. The van der Waals surface area contributed by atoms with Crippen molar-refractivity contribution in [3.8, 4) is 5.75 Å². The summed E-state index contributed by atoms with van der Waals surface area (Å²) in [5.74, 6) is 0.393. The molecular weight excluding hydrogens is 264 g/mol. The van der Waals surface area contributed by atoms with Crippen molar-refractivity contribution in [3.05, 3.63) is 40.4 Å². The number of H-pyrrole nitrogens is 1. The number of benzene rings is 1. The summed E-state index contributed by atoms with van der Waals surface area (Å²) in [7, 11) is 0. The fourth-order valence-electron chi connectivity index (χ4n) is 1.52. The molecule has 1 heterocycles. The highest BCUT2D eigenvalue weighted by molar-refractivity contribution is 7.71. The van der Waals surface area contributed by atoms with E-state index in [1.54, 1.807) is 0 Å². The van der Waals surface area contributed by atoms with Gasteiger partial charge in [-0.2, -0.15) is 5.10 Å². The Labute approximate surface area is 115 Å². The first-order valence-electron chi connectivity index (χ1n) is 5.69. The molecule has 0 aliphatic carbocycles. The van der Waals surface area contributed by atoms with Gasteiger partial charge in [-0.15, -0.1) is 0 Å². The Balaban J connectivity index is 1.96. The Bertz CT molecular complexity index is 647. The molecule has 1 amide bonds. The highest BCUT2D eigenvalue weighted by atomic mass is 32.1. The van der Waals surface area contributed by atoms with Crippen LogP contribution >= 0.6 is 12.2 Å². The number of nitrogens with one attached hydrogen (secondary N) is 2.